The van der Waals surface area contributed by atoms with E-state index in [-0.39, 0.29) is 6.61 Å². The number of ether oxygens (including phenoxy) is 1. The average molecular weight is 257 g/mol. The fraction of sp³-hybridized carbons (Fsp3) is 0.200. The van der Waals surface area contributed by atoms with Crippen molar-refractivity contribution in [1.82, 2.24) is 4.98 Å². The van der Waals surface area contributed by atoms with Crippen molar-refractivity contribution in [3.8, 4) is 11.1 Å². The molecule has 0 aliphatic heterocycles. The van der Waals surface area contributed by atoms with E-state index in [4.69, 9.17) is 5.11 Å². The molecule has 0 spiro atoms. The first-order valence-corrected chi connectivity index (χ1v) is 5.98. The Morgan fingerprint density at radius 1 is 1.21 bits per heavy atom. The zero-order valence-electron chi connectivity index (χ0n) is 10.7. The highest BCUT2D eigenvalue weighted by atomic mass is 16.5. The molecular weight excluding hydrogens is 242 g/mol. The summed E-state index contributed by atoms with van der Waals surface area (Å²) < 4.78 is 4.67. The van der Waals surface area contributed by atoms with Crippen molar-refractivity contribution in [2.75, 3.05) is 13.7 Å². The highest BCUT2D eigenvalue weighted by molar-refractivity contribution is 5.90. The third kappa shape index (κ3) is 3.17. The van der Waals surface area contributed by atoms with Crippen LogP contribution < -0.4 is 0 Å². The number of aromatic nitrogens is 1. The molecule has 0 aliphatic carbocycles. The Balaban J connectivity index is 2.28. The van der Waals surface area contributed by atoms with Gasteiger partial charge in [0.05, 0.1) is 12.7 Å². The van der Waals surface area contributed by atoms with Gasteiger partial charge in [0, 0.05) is 24.6 Å². The van der Waals surface area contributed by atoms with Crippen LogP contribution in [0.2, 0.25) is 0 Å². The number of hydrogen-bond donors (Lipinski definition) is 1. The van der Waals surface area contributed by atoms with Gasteiger partial charge in [-0.1, -0.05) is 24.3 Å². The molecule has 4 nitrogen and oxygen atoms in total. The van der Waals surface area contributed by atoms with Crippen LogP contribution in [0.1, 0.15) is 15.9 Å². The van der Waals surface area contributed by atoms with Gasteiger partial charge in [-0.15, -0.1) is 0 Å². The maximum Gasteiger partial charge on any atom is 0.339 e. The van der Waals surface area contributed by atoms with Gasteiger partial charge in [-0.2, -0.15) is 0 Å². The van der Waals surface area contributed by atoms with Crippen LogP contribution in [0.5, 0.6) is 0 Å². The molecule has 2 rings (SSSR count). The summed E-state index contributed by atoms with van der Waals surface area (Å²) in [4.78, 5) is 15.5. The lowest BCUT2D eigenvalue weighted by Crippen LogP contribution is -2.01. The summed E-state index contributed by atoms with van der Waals surface area (Å²) in [7, 11) is 1.35. The van der Waals surface area contributed by atoms with Gasteiger partial charge in [0.15, 0.2) is 0 Å². The van der Waals surface area contributed by atoms with Crippen molar-refractivity contribution < 1.29 is 14.6 Å². The Kier molecular flexibility index (Phi) is 4.26. The Hall–Kier alpha value is -2.20. The van der Waals surface area contributed by atoms with Crippen molar-refractivity contribution in [3.63, 3.8) is 0 Å². The third-order valence-electron chi connectivity index (χ3n) is 2.85. The predicted octanol–water partition coefficient (Wildman–Crippen LogP) is 2.07. The number of carbonyl (C=O) groups excluding carboxylic acids is 1. The SMILES string of the molecule is COC(=O)c1cncc(-c2ccc(CCO)cc2)c1. The van der Waals surface area contributed by atoms with E-state index in [1.54, 1.807) is 12.3 Å². The van der Waals surface area contributed by atoms with E-state index in [0.717, 1.165) is 16.7 Å². The van der Waals surface area contributed by atoms with Crippen LogP contribution in [0.15, 0.2) is 42.7 Å². The smallest absolute Gasteiger partial charge is 0.339 e. The molecule has 1 aromatic heterocycles. The third-order valence-corrected chi connectivity index (χ3v) is 2.85. The van der Waals surface area contributed by atoms with Crippen molar-refractivity contribution in [2.24, 2.45) is 0 Å². The van der Waals surface area contributed by atoms with E-state index < -0.39 is 5.97 Å². The Morgan fingerprint density at radius 2 is 1.95 bits per heavy atom. The second kappa shape index (κ2) is 6.11. The molecule has 98 valence electrons. The van der Waals surface area contributed by atoms with E-state index in [2.05, 4.69) is 9.72 Å². The topological polar surface area (TPSA) is 59.4 Å². The number of esters is 1. The van der Waals surface area contributed by atoms with Crippen molar-refractivity contribution in [2.45, 2.75) is 6.42 Å². The molecule has 2 aromatic rings. The number of aliphatic hydroxyl groups excluding tert-OH is 1. The van der Waals surface area contributed by atoms with E-state index in [1.807, 2.05) is 24.3 Å². The molecule has 1 heterocycles. The molecule has 0 saturated heterocycles. The molecule has 0 atom stereocenters. The summed E-state index contributed by atoms with van der Waals surface area (Å²) in [6.45, 7) is 0.138. The Bertz CT molecular complexity index is 564. The summed E-state index contributed by atoms with van der Waals surface area (Å²) in [6, 6.07) is 9.55. The second-order valence-electron chi connectivity index (χ2n) is 4.12. The van der Waals surface area contributed by atoms with Gasteiger partial charge in [-0.3, -0.25) is 4.98 Å². The summed E-state index contributed by atoms with van der Waals surface area (Å²) in [5.74, 6) is -0.397. The molecule has 1 N–H and O–H groups in total. The predicted molar refractivity (Wildman–Crippen MR) is 71.8 cm³/mol. The largest absolute Gasteiger partial charge is 0.465 e. The van der Waals surface area contributed by atoms with Gasteiger partial charge in [-0.25, -0.2) is 4.79 Å². The Morgan fingerprint density at radius 3 is 2.58 bits per heavy atom. The first-order valence-electron chi connectivity index (χ1n) is 5.98. The summed E-state index contributed by atoms with van der Waals surface area (Å²) in [5.41, 5.74) is 3.33. The van der Waals surface area contributed by atoms with Crippen LogP contribution in [0.3, 0.4) is 0 Å². The first kappa shape index (κ1) is 13.2. The van der Waals surface area contributed by atoms with Crippen molar-refractivity contribution >= 4 is 5.97 Å². The van der Waals surface area contributed by atoms with Crippen LogP contribution in [-0.2, 0) is 11.2 Å². The monoisotopic (exact) mass is 257 g/mol. The molecule has 0 unspecified atom stereocenters. The van der Waals surface area contributed by atoms with E-state index in [0.29, 0.717) is 12.0 Å². The second-order valence-corrected chi connectivity index (χ2v) is 4.12. The minimum atomic E-state index is -0.397. The normalized spacial score (nSPS) is 10.2. The number of nitrogens with zero attached hydrogens (tertiary/aromatic N) is 1. The number of pyridine rings is 1. The molecule has 0 radical (unpaired) electrons. The molecule has 4 heteroatoms. The van der Waals surface area contributed by atoms with Crippen molar-refractivity contribution in [1.29, 1.82) is 0 Å². The standard InChI is InChI=1S/C15H15NO3/c1-19-15(18)14-8-13(9-16-10-14)12-4-2-11(3-5-12)6-7-17/h2-5,8-10,17H,6-7H2,1H3. The quantitative estimate of drug-likeness (QED) is 0.852. The van der Waals surface area contributed by atoms with Crippen LogP contribution in [-0.4, -0.2) is 29.8 Å². The summed E-state index contributed by atoms with van der Waals surface area (Å²) in [5, 5.41) is 8.87. The summed E-state index contributed by atoms with van der Waals surface area (Å²) >= 11 is 0. The van der Waals surface area contributed by atoms with Crippen LogP contribution >= 0.6 is 0 Å². The number of aliphatic hydroxyl groups is 1. The summed E-state index contributed by atoms with van der Waals surface area (Å²) in [6.07, 6.45) is 3.82. The Labute approximate surface area is 111 Å². The molecular formula is C15H15NO3. The van der Waals surface area contributed by atoms with Crippen LogP contribution in [0, 0.1) is 0 Å². The van der Waals surface area contributed by atoms with Gasteiger partial charge >= 0.3 is 5.97 Å². The zero-order chi connectivity index (χ0) is 13.7. The van der Waals surface area contributed by atoms with E-state index in [9.17, 15) is 4.79 Å². The molecule has 19 heavy (non-hydrogen) atoms. The van der Waals surface area contributed by atoms with Crippen LogP contribution in [0.25, 0.3) is 11.1 Å². The van der Waals surface area contributed by atoms with Crippen molar-refractivity contribution in [3.05, 3.63) is 53.9 Å². The molecule has 0 amide bonds. The fourth-order valence-electron chi connectivity index (χ4n) is 1.82. The maximum atomic E-state index is 11.4. The highest BCUT2D eigenvalue weighted by Crippen LogP contribution is 2.20. The number of carbonyl (C=O) groups is 1. The molecule has 0 fully saturated rings. The van der Waals surface area contributed by atoms with Crippen LogP contribution in [0.4, 0.5) is 0 Å². The molecule has 0 saturated carbocycles. The van der Waals surface area contributed by atoms with Gasteiger partial charge in [0.2, 0.25) is 0 Å². The minimum Gasteiger partial charge on any atom is -0.465 e. The van der Waals surface area contributed by atoms with E-state index in [1.165, 1.54) is 13.3 Å². The fourth-order valence-corrected chi connectivity index (χ4v) is 1.82. The van der Waals surface area contributed by atoms with Gasteiger partial charge < -0.3 is 9.84 Å². The molecule has 0 bridgehead atoms. The number of methoxy groups -OCH3 is 1. The van der Waals surface area contributed by atoms with Gasteiger partial charge in [0.25, 0.3) is 0 Å². The number of rotatable bonds is 4. The minimum absolute atomic E-state index is 0.138. The number of hydrogen-bond acceptors (Lipinski definition) is 4. The highest BCUT2D eigenvalue weighted by Gasteiger charge is 2.07. The first-order chi connectivity index (χ1) is 9.24. The number of benzene rings is 1. The average Bonchev–Trinajstić information content (AvgIpc) is 2.48. The zero-order valence-corrected chi connectivity index (χ0v) is 10.7. The lowest BCUT2D eigenvalue weighted by atomic mass is 10.0. The lowest BCUT2D eigenvalue weighted by molar-refractivity contribution is 0.0600. The lowest BCUT2D eigenvalue weighted by Gasteiger charge is -2.05. The van der Waals surface area contributed by atoms with Gasteiger partial charge in [0.1, 0.15) is 0 Å². The van der Waals surface area contributed by atoms with Gasteiger partial charge in [-0.05, 0) is 23.6 Å². The van der Waals surface area contributed by atoms with E-state index >= 15 is 0 Å². The maximum absolute atomic E-state index is 11.4. The molecule has 0 aliphatic rings. The molecule has 1 aromatic carbocycles.